The summed E-state index contributed by atoms with van der Waals surface area (Å²) in [6, 6.07) is 6.22. The molecule has 0 radical (unpaired) electrons. The molecular formula is C17H30N2. The summed E-state index contributed by atoms with van der Waals surface area (Å²) in [4.78, 5) is 4.50. The average molecular weight is 262 g/mol. The largest absolute Gasteiger partial charge is 0.323 e. The molecule has 2 N–H and O–H groups in total. The van der Waals surface area contributed by atoms with E-state index in [2.05, 4.69) is 11.9 Å². The molecule has 0 aromatic carbocycles. The van der Waals surface area contributed by atoms with Gasteiger partial charge in [0.2, 0.25) is 0 Å². The number of pyridine rings is 1. The van der Waals surface area contributed by atoms with Gasteiger partial charge in [-0.25, -0.2) is 0 Å². The summed E-state index contributed by atoms with van der Waals surface area (Å²) in [5.74, 6) is 0. The van der Waals surface area contributed by atoms with Crippen molar-refractivity contribution in [2.75, 3.05) is 0 Å². The molecule has 1 heterocycles. The predicted octanol–water partition coefficient (Wildman–Crippen LogP) is 4.92. The van der Waals surface area contributed by atoms with Crippen LogP contribution >= 0.6 is 0 Å². The van der Waals surface area contributed by atoms with E-state index in [1.807, 2.05) is 25.1 Å². The van der Waals surface area contributed by atoms with Crippen LogP contribution in [-0.2, 0) is 0 Å². The Labute approximate surface area is 118 Å². The quantitative estimate of drug-likeness (QED) is 0.608. The second kappa shape index (κ2) is 9.96. The summed E-state index contributed by atoms with van der Waals surface area (Å²) in [6.07, 6.45) is 11.9. The number of nitrogens with zero attached hydrogens (tertiary/aromatic N) is 1. The highest BCUT2D eigenvalue weighted by Gasteiger charge is 2.06. The van der Waals surface area contributed by atoms with Gasteiger partial charge in [-0.15, -0.1) is 0 Å². The topological polar surface area (TPSA) is 38.9 Å². The Hall–Kier alpha value is -0.890. The van der Waals surface area contributed by atoms with Crippen LogP contribution in [0, 0.1) is 6.92 Å². The van der Waals surface area contributed by atoms with Crippen molar-refractivity contribution in [3.8, 4) is 0 Å². The highest BCUT2D eigenvalue weighted by Crippen LogP contribution is 2.17. The molecule has 1 rings (SSSR count). The lowest BCUT2D eigenvalue weighted by Crippen LogP contribution is -2.12. The first kappa shape index (κ1) is 16.2. The van der Waals surface area contributed by atoms with Gasteiger partial charge in [-0.1, -0.05) is 64.4 Å². The molecule has 1 atom stereocenters. The van der Waals surface area contributed by atoms with Crippen molar-refractivity contribution < 1.29 is 0 Å². The summed E-state index contributed by atoms with van der Waals surface area (Å²) in [7, 11) is 0. The maximum absolute atomic E-state index is 6.18. The lowest BCUT2D eigenvalue weighted by atomic mass is 10.0. The van der Waals surface area contributed by atoms with Crippen molar-refractivity contribution in [3.05, 3.63) is 29.6 Å². The van der Waals surface area contributed by atoms with E-state index in [-0.39, 0.29) is 6.04 Å². The van der Waals surface area contributed by atoms with Gasteiger partial charge in [0.25, 0.3) is 0 Å². The molecule has 0 saturated carbocycles. The molecule has 0 saturated heterocycles. The maximum atomic E-state index is 6.18. The Morgan fingerprint density at radius 2 is 1.63 bits per heavy atom. The predicted molar refractivity (Wildman–Crippen MR) is 83.1 cm³/mol. The molecule has 0 aliphatic rings. The fourth-order valence-corrected chi connectivity index (χ4v) is 2.42. The van der Waals surface area contributed by atoms with Gasteiger partial charge in [-0.05, 0) is 25.5 Å². The monoisotopic (exact) mass is 262 g/mol. The van der Waals surface area contributed by atoms with Gasteiger partial charge in [0.1, 0.15) is 0 Å². The second-order valence-corrected chi connectivity index (χ2v) is 5.57. The molecule has 0 aliphatic heterocycles. The molecule has 2 heteroatoms. The van der Waals surface area contributed by atoms with Crippen LogP contribution in [0.3, 0.4) is 0 Å². The van der Waals surface area contributed by atoms with Crippen LogP contribution in [-0.4, -0.2) is 4.98 Å². The maximum Gasteiger partial charge on any atom is 0.0574 e. The van der Waals surface area contributed by atoms with Crippen LogP contribution in [0.4, 0.5) is 0 Å². The van der Waals surface area contributed by atoms with Crippen molar-refractivity contribution in [1.82, 2.24) is 4.98 Å². The van der Waals surface area contributed by atoms with Gasteiger partial charge in [0, 0.05) is 11.7 Å². The molecule has 108 valence electrons. The number of aromatic nitrogens is 1. The highest BCUT2D eigenvalue weighted by atomic mass is 14.8. The third kappa shape index (κ3) is 7.31. The minimum Gasteiger partial charge on any atom is -0.323 e. The molecule has 0 amide bonds. The molecule has 0 bridgehead atoms. The van der Waals surface area contributed by atoms with Crippen molar-refractivity contribution in [3.63, 3.8) is 0 Å². The van der Waals surface area contributed by atoms with Crippen LogP contribution in [0.1, 0.15) is 82.1 Å². The lowest BCUT2D eigenvalue weighted by molar-refractivity contribution is 0.531. The number of aryl methyl sites for hydroxylation is 1. The fraction of sp³-hybridized carbons (Fsp3) is 0.706. The molecule has 1 aromatic heterocycles. The highest BCUT2D eigenvalue weighted by molar-refractivity contribution is 5.12. The molecule has 0 fully saturated rings. The van der Waals surface area contributed by atoms with E-state index in [0.29, 0.717) is 0 Å². The van der Waals surface area contributed by atoms with Crippen molar-refractivity contribution in [2.24, 2.45) is 5.73 Å². The van der Waals surface area contributed by atoms with Gasteiger partial charge in [-0.3, -0.25) is 4.98 Å². The molecule has 0 spiro atoms. The summed E-state index contributed by atoms with van der Waals surface area (Å²) in [6.45, 7) is 4.28. The standard InChI is InChI=1S/C17H30N2/c1-3-4-5-6-7-8-9-10-13-16(18)17-14-11-12-15(2)19-17/h11-12,14,16H,3-10,13,18H2,1-2H3. The number of hydrogen-bond acceptors (Lipinski definition) is 2. The molecule has 19 heavy (non-hydrogen) atoms. The Bertz CT molecular complexity index is 336. The van der Waals surface area contributed by atoms with Gasteiger partial charge < -0.3 is 5.73 Å². The van der Waals surface area contributed by atoms with E-state index < -0.39 is 0 Å². The zero-order chi connectivity index (χ0) is 13.9. The van der Waals surface area contributed by atoms with E-state index in [0.717, 1.165) is 17.8 Å². The van der Waals surface area contributed by atoms with Crippen molar-refractivity contribution in [1.29, 1.82) is 0 Å². The van der Waals surface area contributed by atoms with E-state index >= 15 is 0 Å². The molecule has 2 nitrogen and oxygen atoms in total. The fourth-order valence-electron chi connectivity index (χ4n) is 2.42. The first-order chi connectivity index (χ1) is 9.24. The molecule has 0 aliphatic carbocycles. The lowest BCUT2D eigenvalue weighted by Gasteiger charge is -2.11. The zero-order valence-corrected chi connectivity index (χ0v) is 12.7. The molecular weight excluding hydrogens is 232 g/mol. The minimum atomic E-state index is 0.111. The number of hydrogen-bond donors (Lipinski definition) is 1. The van der Waals surface area contributed by atoms with Crippen LogP contribution in [0.2, 0.25) is 0 Å². The summed E-state index contributed by atoms with van der Waals surface area (Å²) < 4.78 is 0. The Balaban J connectivity index is 2.06. The average Bonchev–Trinajstić information content (AvgIpc) is 2.41. The van der Waals surface area contributed by atoms with E-state index in [9.17, 15) is 0 Å². The van der Waals surface area contributed by atoms with E-state index in [1.54, 1.807) is 0 Å². The van der Waals surface area contributed by atoms with Gasteiger partial charge in [-0.2, -0.15) is 0 Å². The summed E-state index contributed by atoms with van der Waals surface area (Å²) in [5.41, 5.74) is 8.29. The van der Waals surface area contributed by atoms with Gasteiger partial charge >= 0.3 is 0 Å². The minimum absolute atomic E-state index is 0.111. The van der Waals surface area contributed by atoms with E-state index in [1.165, 1.54) is 51.4 Å². The summed E-state index contributed by atoms with van der Waals surface area (Å²) in [5, 5.41) is 0. The third-order valence-electron chi connectivity index (χ3n) is 3.66. The first-order valence-corrected chi connectivity index (χ1v) is 7.93. The third-order valence-corrected chi connectivity index (χ3v) is 3.66. The normalized spacial score (nSPS) is 12.6. The second-order valence-electron chi connectivity index (χ2n) is 5.57. The molecule has 1 aromatic rings. The van der Waals surface area contributed by atoms with Crippen LogP contribution < -0.4 is 5.73 Å². The van der Waals surface area contributed by atoms with Crippen molar-refractivity contribution >= 4 is 0 Å². The van der Waals surface area contributed by atoms with Crippen LogP contribution in [0.25, 0.3) is 0 Å². The smallest absolute Gasteiger partial charge is 0.0574 e. The number of rotatable bonds is 10. The SMILES string of the molecule is CCCCCCCCCCC(N)c1cccc(C)n1. The van der Waals surface area contributed by atoms with Gasteiger partial charge in [0.05, 0.1) is 5.69 Å². The molecule has 1 unspecified atom stereocenters. The Morgan fingerprint density at radius 1 is 1.00 bits per heavy atom. The zero-order valence-electron chi connectivity index (χ0n) is 12.7. The van der Waals surface area contributed by atoms with E-state index in [4.69, 9.17) is 5.73 Å². The van der Waals surface area contributed by atoms with Crippen LogP contribution in [0.15, 0.2) is 18.2 Å². The Kier molecular flexibility index (Phi) is 8.48. The number of unbranched alkanes of at least 4 members (excludes halogenated alkanes) is 7. The first-order valence-electron chi connectivity index (χ1n) is 7.93. The van der Waals surface area contributed by atoms with Gasteiger partial charge in [0.15, 0.2) is 0 Å². The van der Waals surface area contributed by atoms with Crippen molar-refractivity contribution in [2.45, 2.75) is 77.7 Å². The number of nitrogens with two attached hydrogens (primary N) is 1. The van der Waals surface area contributed by atoms with Crippen LogP contribution in [0.5, 0.6) is 0 Å². The Morgan fingerprint density at radius 3 is 2.26 bits per heavy atom. The summed E-state index contributed by atoms with van der Waals surface area (Å²) >= 11 is 0.